The van der Waals surface area contributed by atoms with Gasteiger partial charge in [0, 0.05) is 0 Å². The number of halogens is 4. The van der Waals surface area contributed by atoms with Crippen LogP contribution in [-0.2, 0) is 5.60 Å². The van der Waals surface area contributed by atoms with Crippen LogP contribution < -0.4 is 0 Å². The van der Waals surface area contributed by atoms with Gasteiger partial charge in [0.25, 0.3) is 0 Å². The van der Waals surface area contributed by atoms with E-state index < -0.39 is 23.5 Å². The van der Waals surface area contributed by atoms with Crippen molar-refractivity contribution in [1.82, 2.24) is 0 Å². The van der Waals surface area contributed by atoms with Crippen molar-refractivity contribution in [2.24, 2.45) is 5.92 Å². The molecule has 0 atom stereocenters. The molecule has 18 heavy (non-hydrogen) atoms. The standard InChI is InChI=1S/C13H14F4O/c14-11-3-1-2-10(8-11)12(18)6-4-9(5-7-12)13(15,16)17/h1-3,8-9,18H,4-7H2. The molecular formula is C13H14F4O. The Bertz CT molecular complexity index is 419. The molecule has 0 radical (unpaired) electrons. The molecule has 0 aliphatic heterocycles. The summed E-state index contributed by atoms with van der Waals surface area (Å²) in [5.41, 5.74) is -0.966. The van der Waals surface area contributed by atoms with Crippen LogP contribution in [0.1, 0.15) is 31.2 Å². The number of aliphatic hydroxyl groups is 1. The molecule has 0 heterocycles. The third kappa shape index (κ3) is 2.66. The summed E-state index contributed by atoms with van der Waals surface area (Å²) in [5, 5.41) is 10.3. The lowest BCUT2D eigenvalue weighted by atomic mass is 9.75. The average molecular weight is 262 g/mol. The van der Waals surface area contributed by atoms with Gasteiger partial charge in [-0.2, -0.15) is 13.2 Å². The van der Waals surface area contributed by atoms with Crippen molar-refractivity contribution in [3.8, 4) is 0 Å². The number of rotatable bonds is 1. The first-order valence-electron chi connectivity index (χ1n) is 5.86. The summed E-state index contributed by atoms with van der Waals surface area (Å²) in [6.07, 6.45) is -4.41. The van der Waals surface area contributed by atoms with Crippen LogP contribution in [0, 0.1) is 11.7 Å². The van der Waals surface area contributed by atoms with Crippen LogP contribution in [-0.4, -0.2) is 11.3 Å². The highest BCUT2D eigenvalue weighted by atomic mass is 19.4. The molecule has 0 bridgehead atoms. The van der Waals surface area contributed by atoms with E-state index in [2.05, 4.69) is 0 Å². The minimum atomic E-state index is -4.21. The molecule has 1 N–H and O–H groups in total. The second-order valence-corrected chi connectivity index (χ2v) is 4.86. The Balaban J connectivity index is 2.12. The molecule has 1 saturated carbocycles. The lowest BCUT2D eigenvalue weighted by Crippen LogP contribution is -2.36. The number of hydrogen-bond acceptors (Lipinski definition) is 1. The van der Waals surface area contributed by atoms with E-state index in [-0.39, 0.29) is 25.7 Å². The van der Waals surface area contributed by atoms with Gasteiger partial charge in [-0.15, -0.1) is 0 Å². The SMILES string of the molecule is OC1(c2cccc(F)c2)CCC(C(F)(F)F)CC1. The zero-order valence-electron chi connectivity index (χ0n) is 9.67. The lowest BCUT2D eigenvalue weighted by molar-refractivity contribution is -0.193. The number of benzene rings is 1. The van der Waals surface area contributed by atoms with E-state index in [1.165, 1.54) is 18.2 Å². The van der Waals surface area contributed by atoms with E-state index in [0.717, 1.165) is 0 Å². The molecule has 0 saturated heterocycles. The molecule has 1 aromatic rings. The molecule has 1 aliphatic carbocycles. The van der Waals surface area contributed by atoms with Gasteiger partial charge in [-0.25, -0.2) is 4.39 Å². The predicted octanol–water partition coefficient (Wildman–Crippen LogP) is 3.77. The van der Waals surface area contributed by atoms with Crippen molar-refractivity contribution < 1.29 is 22.7 Å². The van der Waals surface area contributed by atoms with Crippen LogP contribution in [0.3, 0.4) is 0 Å². The Kier molecular flexibility index (Phi) is 3.36. The first-order chi connectivity index (χ1) is 8.31. The maximum atomic E-state index is 13.1. The van der Waals surface area contributed by atoms with E-state index >= 15 is 0 Å². The van der Waals surface area contributed by atoms with Gasteiger partial charge in [0.15, 0.2) is 0 Å². The van der Waals surface area contributed by atoms with Crippen LogP contribution in [0.2, 0.25) is 0 Å². The third-order valence-corrected chi connectivity index (χ3v) is 3.64. The minimum absolute atomic E-state index is 0.0145. The van der Waals surface area contributed by atoms with E-state index in [1.54, 1.807) is 6.07 Å². The molecule has 2 rings (SSSR count). The fraction of sp³-hybridized carbons (Fsp3) is 0.538. The van der Waals surface area contributed by atoms with Gasteiger partial charge < -0.3 is 5.11 Å². The van der Waals surface area contributed by atoms with Crippen LogP contribution >= 0.6 is 0 Å². The first kappa shape index (κ1) is 13.3. The zero-order chi connectivity index (χ0) is 13.4. The van der Waals surface area contributed by atoms with Crippen molar-refractivity contribution in [1.29, 1.82) is 0 Å². The van der Waals surface area contributed by atoms with Gasteiger partial charge in [0.2, 0.25) is 0 Å². The first-order valence-corrected chi connectivity index (χ1v) is 5.86. The maximum absolute atomic E-state index is 13.1. The minimum Gasteiger partial charge on any atom is -0.385 e. The second-order valence-electron chi connectivity index (χ2n) is 4.86. The van der Waals surface area contributed by atoms with Gasteiger partial charge >= 0.3 is 6.18 Å². The molecule has 1 nitrogen and oxygen atoms in total. The van der Waals surface area contributed by atoms with Gasteiger partial charge in [-0.05, 0) is 43.4 Å². The fourth-order valence-electron chi connectivity index (χ4n) is 2.49. The maximum Gasteiger partial charge on any atom is 0.391 e. The van der Waals surface area contributed by atoms with Gasteiger partial charge in [0.1, 0.15) is 5.82 Å². The lowest BCUT2D eigenvalue weighted by Gasteiger charge is -2.37. The highest BCUT2D eigenvalue weighted by Crippen LogP contribution is 2.45. The summed E-state index contributed by atoms with van der Waals surface area (Å²) in [7, 11) is 0. The monoisotopic (exact) mass is 262 g/mol. The molecular weight excluding hydrogens is 248 g/mol. The third-order valence-electron chi connectivity index (χ3n) is 3.64. The molecule has 5 heteroatoms. The smallest absolute Gasteiger partial charge is 0.385 e. The van der Waals surface area contributed by atoms with Crippen LogP contribution in [0.25, 0.3) is 0 Å². The Labute approximate surface area is 102 Å². The largest absolute Gasteiger partial charge is 0.391 e. The topological polar surface area (TPSA) is 20.2 Å². The summed E-state index contributed by atoms with van der Waals surface area (Å²) < 4.78 is 50.6. The molecule has 1 aliphatic rings. The molecule has 0 unspecified atom stereocenters. The number of hydrogen-bond donors (Lipinski definition) is 1. The van der Waals surface area contributed by atoms with Crippen molar-refractivity contribution in [3.05, 3.63) is 35.6 Å². The summed E-state index contributed by atoms with van der Waals surface area (Å²) in [6.45, 7) is 0. The van der Waals surface area contributed by atoms with E-state index in [4.69, 9.17) is 0 Å². The molecule has 1 aromatic carbocycles. The predicted molar refractivity (Wildman–Crippen MR) is 58.3 cm³/mol. The second kappa shape index (κ2) is 4.53. The molecule has 0 spiro atoms. The van der Waals surface area contributed by atoms with E-state index in [1.807, 2.05) is 0 Å². The van der Waals surface area contributed by atoms with Crippen molar-refractivity contribution in [3.63, 3.8) is 0 Å². The quantitative estimate of drug-likeness (QED) is 0.764. The van der Waals surface area contributed by atoms with Crippen LogP contribution in [0.15, 0.2) is 24.3 Å². The van der Waals surface area contributed by atoms with Crippen molar-refractivity contribution in [2.75, 3.05) is 0 Å². The normalized spacial score (nSPS) is 29.3. The van der Waals surface area contributed by atoms with Gasteiger partial charge in [0.05, 0.1) is 11.5 Å². The molecule has 0 aromatic heterocycles. The Hall–Kier alpha value is -1.10. The Morgan fingerprint density at radius 2 is 1.78 bits per heavy atom. The summed E-state index contributed by atoms with van der Waals surface area (Å²) >= 11 is 0. The summed E-state index contributed by atoms with van der Waals surface area (Å²) in [5.74, 6) is -1.84. The van der Waals surface area contributed by atoms with Crippen LogP contribution in [0.4, 0.5) is 17.6 Å². The van der Waals surface area contributed by atoms with Crippen molar-refractivity contribution >= 4 is 0 Å². The van der Waals surface area contributed by atoms with Crippen molar-refractivity contribution in [2.45, 2.75) is 37.5 Å². The average Bonchev–Trinajstić information content (AvgIpc) is 2.28. The fourth-order valence-corrected chi connectivity index (χ4v) is 2.49. The number of alkyl halides is 3. The Morgan fingerprint density at radius 3 is 2.28 bits per heavy atom. The highest BCUT2D eigenvalue weighted by molar-refractivity contribution is 5.23. The van der Waals surface area contributed by atoms with E-state index in [0.29, 0.717) is 5.56 Å². The molecule has 1 fully saturated rings. The van der Waals surface area contributed by atoms with E-state index in [9.17, 15) is 22.7 Å². The Morgan fingerprint density at radius 1 is 1.17 bits per heavy atom. The summed E-state index contributed by atoms with van der Waals surface area (Å²) in [6, 6.07) is 5.44. The summed E-state index contributed by atoms with van der Waals surface area (Å²) in [4.78, 5) is 0. The highest BCUT2D eigenvalue weighted by Gasteiger charge is 2.45. The molecule has 0 amide bonds. The zero-order valence-corrected chi connectivity index (χ0v) is 9.67. The van der Waals surface area contributed by atoms with Gasteiger partial charge in [-0.3, -0.25) is 0 Å². The molecule has 100 valence electrons. The van der Waals surface area contributed by atoms with Gasteiger partial charge in [-0.1, -0.05) is 12.1 Å². The van der Waals surface area contributed by atoms with Crippen LogP contribution in [0.5, 0.6) is 0 Å².